The molecule has 0 bridgehead atoms. The minimum Gasteiger partial charge on any atom is -0.465 e. The number of nitrogen functional groups attached to an aromatic ring is 1. The van der Waals surface area contributed by atoms with Gasteiger partial charge in [0, 0.05) is 33.3 Å². The molecule has 0 spiro atoms. The van der Waals surface area contributed by atoms with Gasteiger partial charge in [-0.25, -0.2) is 4.79 Å². The monoisotopic (exact) mass is 386 g/mol. The molecule has 0 fully saturated rings. The van der Waals surface area contributed by atoms with Gasteiger partial charge in [-0.15, -0.1) is 23.1 Å². The highest BCUT2D eigenvalue weighted by Gasteiger charge is 2.22. The fourth-order valence-corrected chi connectivity index (χ4v) is 4.90. The molecule has 1 aromatic heterocycles. The minimum atomic E-state index is -0.479. The zero-order valence-electron chi connectivity index (χ0n) is 14.4. The molecule has 0 aliphatic heterocycles. The van der Waals surface area contributed by atoms with Gasteiger partial charge in [-0.05, 0) is 17.7 Å². The molecule has 2 aromatic carbocycles. The van der Waals surface area contributed by atoms with Crippen molar-refractivity contribution < 1.29 is 14.3 Å². The molecule has 134 valence electrons. The van der Waals surface area contributed by atoms with Crippen LogP contribution in [-0.4, -0.2) is 19.0 Å². The van der Waals surface area contributed by atoms with E-state index in [4.69, 9.17) is 10.5 Å². The lowest BCUT2D eigenvalue weighted by molar-refractivity contribution is -0.114. The number of methoxy groups -OCH3 is 1. The van der Waals surface area contributed by atoms with Crippen LogP contribution in [-0.2, 0) is 15.3 Å². The maximum atomic E-state index is 12.2. The van der Waals surface area contributed by atoms with Gasteiger partial charge < -0.3 is 15.8 Å². The molecule has 0 saturated heterocycles. The van der Waals surface area contributed by atoms with Crippen LogP contribution in [0, 0.1) is 0 Å². The summed E-state index contributed by atoms with van der Waals surface area (Å²) >= 11 is 2.88. The van der Waals surface area contributed by atoms with Gasteiger partial charge in [-0.2, -0.15) is 0 Å². The third-order valence-electron chi connectivity index (χ3n) is 3.69. The molecule has 0 unspecified atom stereocenters. The SMILES string of the molecule is COC(=O)c1sc2cc(N)cc(SCc3ccccc3)c2c1NC(C)=O. The van der Waals surface area contributed by atoms with E-state index in [9.17, 15) is 9.59 Å². The number of esters is 1. The van der Waals surface area contributed by atoms with Gasteiger partial charge in [0.1, 0.15) is 4.88 Å². The second-order valence-corrected chi connectivity index (χ2v) is 7.71. The maximum absolute atomic E-state index is 12.2. The van der Waals surface area contributed by atoms with Gasteiger partial charge in [-0.3, -0.25) is 4.79 Å². The van der Waals surface area contributed by atoms with E-state index in [1.807, 2.05) is 30.3 Å². The topological polar surface area (TPSA) is 81.4 Å². The number of nitrogens with two attached hydrogens (primary N) is 1. The highest BCUT2D eigenvalue weighted by atomic mass is 32.2. The molecule has 3 rings (SSSR count). The highest BCUT2D eigenvalue weighted by molar-refractivity contribution is 7.98. The van der Waals surface area contributed by atoms with Gasteiger partial charge in [0.25, 0.3) is 0 Å². The largest absolute Gasteiger partial charge is 0.465 e. The molecule has 0 aliphatic carbocycles. The summed E-state index contributed by atoms with van der Waals surface area (Å²) in [6, 6.07) is 13.8. The predicted octanol–water partition coefficient (Wildman–Crippen LogP) is 4.52. The van der Waals surface area contributed by atoms with Crippen LogP contribution in [0.1, 0.15) is 22.2 Å². The first-order valence-electron chi connectivity index (χ1n) is 7.88. The Kier molecular flexibility index (Phi) is 5.49. The van der Waals surface area contributed by atoms with Gasteiger partial charge in [0.2, 0.25) is 5.91 Å². The smallest absolute Gasteiger partial charge is 0.350 e. The van der Waals surface area contributed by atoms with E-state index in [0.717, 1.165) is 20.7 Å². The fourth-order valence-electron chi connectivity index (χ4n) is 2.59. The number of hydrogen-bond acceptors (Lipinski definition) is 6. The van der Waals surface area contributed by atoms with Crippen LogP contribution in [0.5, 0.6) is 0 Å². The Morgan fingerprint density at radius 3 is 2.62 bits per heavy atom. The van der Waals surface area contributed by atoms with Gasteiger partial charge >= 0.3 is 5.97 Å². The zero-order chi connectivity index (χ0) is 18.7. The molecule has 26 heavy (non-hydrogen) atoms. The summed E-state index contributed by atoms with van der Waals surface area (Å²) in [7, 11) is 1.32. The van der Waals surface area contributed by atoms with Gasteiger partial charge in [-0.1, -0.05) is 30.3 Å². The molecule has 0 aliphatic rings. The Balaban J connectivity index is 2.10. The summed E-state index contributed by atoms with van der Waals surface area (Å²) < 4.78 is 5.71. The molecule has 3 aromatic rings. The Morgan fingerprint density at radius 2 is 1.96 bits per heavy atom. The number of thiophene rings is 1. The van der Waals surface area contributed by atoms with E-state index in [2.05, 4.69) is 17.4 Å². The molecule has 3 N–H and O–H groups in total. The van der Waals surface area contributed by atoms with Crippen LogP contribution in [0.2, 0.25) is 0 Å². The summed E-state index contributed by atoms with van der Waals surface area (Å²) in [5.41, 5.74) is 8.33. The number of nitrogens with one attached hydrogen (secondary N) is 1. The number of benzene rings is 2. The maximum Gasteiger partial charge on any atom is 0.350 e. The molecule has 0 radical (unpaired) electrons. The van der Waals surface area contributed by atoms with E-state index in [1.165, 1.54) is 30.9 Å². The van der Waals surface area contributed by atoms with Gasteiger partial charge in [0.05, 0.1) is 12.8 Å². The number of ether oxygens (including phenoxy) is 1. The van der Waals surface area contributed by atoms with Crippen molar-refractivity contribution in [3.05, 3.63) is 52.9 Å². The number of hydrogen-bond donors (Lipinski definition) is 2. The molecule has 5 nitrogen and oxygen atoms in total. The number of anilines is 2. The quantitative estimate of drug-likeness (QED) is 0.383. The van der Waals surface area contributed by atoms with E-state index in [-0.39, 0.29) is 5.91 Å². The third-order valence-corrected chi connectivity index (χ3v) is 5.91. The highest BCUT2D eigenvalue weighted by Crippen LogP contribution is 2.43. The molecule has 0 atom stereocenters. The molecule has 7 heteroatoms. The van der Waals surface area contributed by atoms with Crippen molar-refractivity contribution in [2.45, 2.75) is 17.6 Å². The first kappa shape index (κ1) is 18.3. The number of thioether (sulfide) groups is 1. The summed E-state index contributed by atoms with van der Waals surface area (Å²) in [5, 5.41) is 3.61. The standard InChI is InChI=1S/C19H18N2O3S2/c1-11(22)21-17-16-14(25-10-12-6-4-3-5-7-12)8-13(20)9-15(16)26-18(17)19(23)24-2/h3-9H,10,20H2,1-2H3,(H,21,22). The number of carbonyl (C=O) groups is 2. The van der Waals surface area contributed by atoms with Crippen LogP contribution in [0.15, 0.2) is 47.4 Å². The van der Waals surface area contributed by atoms with E-state index < -0.39 is 5.97 Å². The van der Waals surface area contributed by atoms with Crippen molar-refractivity contribution in [2.75, 3.05) is 18.2 Å². The Labute approximate surface area is 159 Å². The van der Waals surface area contributed by atoms with Crippen molar-refractivity contribution in [3.8, 4) is 0 Å². The summed E-state index contributed by atoms with van der Waals surface area (Å²) in [6.45, 7) is 1.42. The predicted molar refractivity (Wildman–Crippen MR) is 108 cm³/mol. The summed E-state index contributed by atoms with van der Waals surface area (Å²) in [6.07, 6.45) is 0. The second-order valence-electron chi connectivity index (χ2n) is 5.65. The lowest BCUT2D eigenvalue weighted by Crippen LogP contribution is -2.10. The second kappa shape index (κ2) is 7.80. The van der Waals surface area contributed by atoms with Crippen molar-refractivity contribution in [1.82, 2.24) is 0 Å². The number of fused-ring (bicyclic) bond motifs is 1. The van der Waals surface area contributed by atoms with Crippen LogP contribution in [0.25, 0.3) is 10.1 Å². The van der Waals surface area contributed by atoms with Crippen molar-refractivity contribution in [1.29, 1.82) is 0 Å². The van der Waals surface area contributed by atoms with Crippen LogP contribution < -0.4 is 11.1 Å². The molecule has 0 saturated carbocycles. The van der Waals surface area contributed by atoms with E-state index >= 15 is 0 Å². The summed E-state index contributed by atoms with van der Waals surface area (Å²) in [5.74, 6) is 0.0284. The lowest BCUT2D eigenvalue weighted by atomic mass is 10.2. The Morgan fingerprint density at radius 1 is 1.23 bits per heavy atom. The van der Waals surface area contributed by atoms with E-state index in [1.54, 1.807) is 11.8 Å². The Hall–Kier alpha value is -2.51. The van der Waals surface area contributed by atoms with Crippen LogP contribution >= 0.6 is 23.1 Å². The van der Waals surface area contributed by atoms with Crippen LogP contribution in [0.4, 0.5) is 11.4 Å². The molecular formula is C19H18N2O3S2. The van der Waals surface area contributed by atoms with Gasteiger partial charge in [0.15, 0.2) is 0 Å². The average molecular weight is 386 g/mol. The number of rotatable bonds is 5. The summed E-state index contributed by atoms with van der Waals surface area (Å²) in [4.78, 5) is 25.1. The normalized spacial score (nSPS) is 10.7. The first-order chi connectivity index (χ1) is 12.5. The first-order valence-corrected chi connectivity index (χ1v) is 9.68. The lowest BCUT2D eigenvalue weighted by Gasteiger charge is -2.09. The zero-order valence-corrected chi connectivity index (χ0v) is 16.0. The third kappa shape index (κ3) is 3.84. The van der Waals surface area contributed by atoms with Crippen molar-refractivity contribution >= 4 is 56.4 Å². The van der Waals surface area contributed by atoms with Crippen LogP contribution in [0.3, 0.4) is 0 Å². The van der Waals surface area contributed by atoms with Crippen molar-refractivity contribution in [2.24, 2.45) is 0 Å². The fraction of sp³-hybridized carbons (Fsp3) is 0.158. The molecular weight excluding hydrogens is 368 g/mol. The number of amides is 1. The minimum absolute atomic E-state index is 0.245. The van der Waals surface area contributed by atoms with E-state index in [0.29, 0.717) is 16.3 Å². The molecule has 1 amide bonds. The molecule has 1 heterocycles. The number of carbonyl (C=O) groups excluding carboxylic acids is 2. The average Bonchev–Trinajstić information content (AvgIpc) is 2.97. The Bertz CT molecular complexity index is 968. The van der Waals surface area contributed by atoms with Crippen molar-refractivity contribution in [3.63, 3.8) is 0 Å².